The third kappa shape index (κ3) is 3.68. The molecule has 1 aliphatic heterocycles. The van der Waals surface area contributed by atoms with Crippen LogP contribution in [0.5, 0.6) is 0 Å². The van der Waals surface area contributed by atoms with E-state index in [-0.39, 0.29) is 17.2 Å². The van der Waals surface area contributed by atoms with Crippen molar-refractivity contribution in [2.24, 2.45) is 0 Å². The summed E-state index contributed by atoms with van der Waals surface area (Å²) < 4.78 is 0. The average molecular weight is 428 g/mol. The number of nitrogens with zero attached hydrogens (tertiary/aromatic N) is 3. The maximum atomic E-state index is 13.6. The molecule has 0 saturated heterocycles. The molecule has 32 heavy (non-hydrogen) atoms. The predicted octanol–water partition coefficient (Wildman–Crippen LogP) is 5.00. The molecular weight excluding hydrogens is 402 g/mol. The lowest BCUT2D eigenvalue weighted by Crippen LogP contribution is -2.32. The number of carbonyl (C=O) groups is 2. The number of carbonyl (C=O) groups excluding carboxylic acids is 2. The van der Waals surface area contributed by atoms with Crippen molar-refractivity contribution in [3.05, 3.63) is 99.9 Å². The van der Waals surface area contributed by atoms with Crippen molar-refractivity contribution in [3.63, 3.8) is 0 Å². The number of hydrogen-bond acceptors (Lipinski definition) is 5. The van der Waals surface area contributed by atoms with Crippen molar-refractivity contribution in [2.75, 3.05) is 4.90 Å². The van der Waals surface area contributed by atoms with Gasteiger partial charge in [0.2, 0.25) is 0 Å². The molecule has 0 saturated carbocycles. The maximum absolute atomic E-state index is 13.6. The van der Waals surface area contributed by atoms with Crippen LogP contribution in [-0.2, 0) is 4.79 Å². The first kappa shape index (κ1) is 21.4. The van der Waals surface area contributed by atoms with Crippen molar-refractivity contribution in [2.45, 2.75) is 39.7 Å². The summed E-state index contributed by atoms with van der Waals surface area (Å²) in [6.07, 6.45) is 0. The van der Waals surface area contributed by atoms with Crippen molar-refractivity contribution in [3.8, 4) is 0 Å². The van der Waals surface area contributed by atoms with Gasteiger partial charge in [0.05, 0.1) is 17.3 Å². The number of aromatic nitrogens is 2. The smallest absolute Gasteiger partial charge is 0.295 e. The summed E-state index contributed by atoms with van der Waals surface area (Å²) in [6.45, 7) is 7.83. The lowest BCUT2D eigenvalue weighted by Gasteiger charge is -2.26. The number of aliphatic hydroxyl groups excluding tert-OH is 1. The molecule has 2 heterocycles. The summed E-state index contributed by atoms with van der Waals surface area (Å²) in [5.74, 6) is -0.992. The van der Waals surface area contributed by atoms with E-state index in [0.717, 1.165) is 11.1 Å². The van der Waals surface area contributed by atoms with Crippen LogP contribution in [0, 0.1) is 13.8 Å². The number of ketones is 1. The maximum Gasteiger partial charge on any atom is 0.295 e. The van der Waals surface area contributed by atoms with E-state index in [4.69, 9.17) is 0 Å². The Morgan fingerprint density at radius 1 is 0.969 bits per heavy atom. The van der Waals surface area contributed by atoms with E-state index < -0.39 is 17.7 Å². The molecule has 0 spiro atoms. The van der Waals surface area contributed by atoms with Crippen LogP contribution in [0.25, 0.3) is 0 Å². The lowest BCUT2D eigenvalue weighted by atomic mass is 9.90. The van der Waals surface area contributed by atoms with Gasteiger partial charge < -0.3 is 5.11 Å². The summed E-state index contributed by atoms with van der Waals surface area (Å²) in [5.41, 5.74) is 3.82. The Morgan fingerprint density at radius 2 is 1.66 bits per heavy atom. The van der Waals surface area contributed by atoms with E-state index in [9.17, 15) is 14.7 Å². The van der Waals surface area contributed by atoms with Crippen LogP contribution < -0.4 is 4.90 Å². The molecule has 0 radical (unpaired) electrons. The molecule has 1 atom stereocenters. The Labute approximate surface area is 187 Å². The zero-order valence-electron chi connectivity index (χ0n) is 18.5. The molecule has 1 aliphatic rings. The molecule has 2 aromatic carbocycles. The molecule has 0 aliphatic carbocycles. The fourth-order valence-corrected chi connectivity index (χ4v) is 3.95. The van der Waals surface area contributed by atoms with Gasteiger partial charge in [-0.1, -0.05) is 62.4 Å². The molecule has 162 valence electrons. The van der Waals surface area contributed by atoms with Crippen LogP contribution >= 0.6 is 0 Å². The highest BCUT2D eigenvalue weighted by Crippen LogP contribution is 2.41. The normalized spacial score (nSPS) is 16.2. The predicted molar refractivity (Wildman–Crippen MR) is 123 cm³/mol. The molecule has 3 aromatic rings. The Kier molecular flexibility index (Phi) is 5.61. The van der Waals surface area contributed by atoms with Gasteiger partial charge in [-0.25, -0.2) is 0 Å². The van der Waals surface area contributed by atoms with Gasteiger partial charge in [0.15, 0.2) is 17.4 Å². The monoisotopic (exact) mass is 427 g/mol. The number of aliphatic hydroxyl groups is 1. The first-order valence-corrected chi connectivity index (χ1v) is 10.6. The van der Waals surface area contributed by atoms with Crippen LogP contribution in [0.1, 0.15) is 58.5 Å². The van der Waals surface area contributed by atoms with Crippen molar-refractivity contribution < 1.29 is 14.7 Å². The Balaban J connectivity index is 1.88. The second-order valence-corrected chi connectivity index (χ2v) is 8.34. The molecule has 1 unspecified atom stereocenters. The van der Waals surface area contributed by atoms with Crippen LogP contribution in [0.3, 0.4) is 0 Å². The van der Waals surface area contributed by atoms with Gasteiger partial charge >= 0.3 is 0 Å². The zero-order valence-corrected chi connectivity index (χ0v) is 18.5. The minimum absolute atomic E-state index is 0.0453. The van der Waals surface area contributed by atoms with Gasteiger partial charge in [-0.15, -0.1) is 5.10 Å². The standard InChI is InChI=1S/C26H25N3O3/c1-15(2)18-10-12-19(13-11-18)23-22(24(30)20-8-6-5-7-16(20)3)25(31)26(32)29(23)21-14-9-17(4)27-28-21/h5-15,23,31H,1-4H3. The van der Waals surface area contributed by atoms with Crippen LogP contribution in [0.2, 0.25) is 0 Å². The third-order valence-electron chi connectivity index (χ3n) is 5.79. The van der Waals surface area contributed by atoms with Crippen molar-refractivity contribution >= 4 is 17.5 Å². The molecule has 0 fully saturated rings. The summed E-state index contributed by atoms with van der Waals surface area (Å²) in [7, 11) is 0. The highest BCUT2D eigenvalue weighted by molar-refractivity contribution is 6.21. The van der Waals surface area contributed by atoms with E-state index in [2.05, 4.69) is 24.0 Å². The Hall–Kier alpha value is -3.80. The molecule has 6 nitrogen and oxygen atoms in total. The summed E-state index contributed by atoms with van der Waals surface area (Å²) in [4.78, 5) is 28.1. The molecule has 1 N–H and O–H groups in total. The Morgan fingerprint density at radius 3 is 2.25 bits per heavy atom. The number of benzene rings is 2. The van der Waals surface area contributed by atoms with Gasteiger partial charge in [-0.05, 0) is 48.6 Å². The molecule has 1 aromatic heterocycles. The van der Waals surface area contributed by atoms with Gasteiger partial charge in [0, 0.05) is 5.56 Å². The average Bonchev–Trinajstić information content (AvgIpc) is 3.05. The SMILES string of the molecule is Cc1ccc(N2C(=O)C(O)=C(C(=O)c3ccccc3C)C2c2ccc(C(C)C)cc2)nn1. The second kappa shape index (κ2) is 8.38. The fourth-order valence-electron chi connectivity index (χ4n) is 3.95. The zero-order chi connectivity index (χ0) is 23.0. The third-order valence-corrected chi connectivity index (χ3v) is 5.79. The topological polar surface area (TPSA) is 83.4 Å². The van der Waals surface area contributed by atoms with E-state index in [1.54, 1.807) is 31.2 Å². The van der Waals surface area contributed by atoms with Gasteiger partial charge in [-0.3, -0.25) is 14.5 Å². The Bertz CT molecular complexity index is 1210. The molecule has 0 bridgehead atoms. The van der Waals surface area contributed by atoms with Gasteiger partial charge in [0.25, 0.3) is 5.91 Å². The number of hydrogen-bond donors (Lipinski definition) is 1. The second-order valence-electron chi connectivity index (χ2n) is 8.34. The summed E-state index contributed by atoms with van der Waals surface area (Å²) in [5, 5.41) is 19.1. The van der Waals surface area contributed by atoms with E-state index in [1.807, 2.05) is 43.3 Å². The van der Waals surface area contributed by atoms with Crippen molar-refractivity contribution in [1.29, 1.82) is 0 Å². The number of anilines is 1. The van der Waals surface area contributed by atoms with E-state index in [1.165, 1.54) is 4.90 Å². The first-order valence-electron chi connectivity index (χ1n) is 10.6. The minimum Gasteiger partial charge on any atom is -0.503 e. The summed E-state index contributed by atoms with van der Waals surface area (Å²) >= 11 is 0. The van der Waals surface area contributed by atoms with Gasteiger partial charge in [-0.2, -0.15) is 5.10 Å². The number of aryl methyl sites for hydroxylation is 2. The quantitative estimate of drug-likeness (QED) is 0.580. The fraction of sp³-hybridized carbons (Fsp3) is 0.231. The van der Waals surface area contributed by atoms with Crippen LogP contribution in [-0.4, -0.2) is 27.0 Å². The minimum atomic E-state index is -0.812. The highest BCUT2D eigenvalue weighted by atomic mass is 16.3. The number of Topliss-reactive ketones (excluding diaryl/α,β-unsaturated/α-hetero) is 1. The highest BCUT2D eigenvalue weighted by Gasteiger charge is 2.45. The molecule has 1 amide bonds. The molecular formula is C26H25N3O3. The number of rotatable bonds is 5. The first-order chi connectivity index (χ1) is 15.3. The van der Waals surface area contributed by atoms with Gasteiger partial charge in [0.1, 0.15) is 0 Å². The van der Waals surface area contributed by atoms with E-state index >= 15 is 0 Å². The van der Waals surface area contributed by atoms with Crippen molar-refractivity contribution in [1.82, 2.24) is 10.2 Å². The van der Waals surface area contributed by atoms with Crippen LogP contribution in [0.15, 0.2) is 72.0 Å². The number of amides is 1. The molecule has 4 rings (SSSR count). The molecule has 6 heteroatoms. The van der Waals surface area contributed by atoms with E-state index in [0.29, 0.717) is 22.7 Å². The van der Waals surface area contributed by atoms with Crippen LogP contribution in [0.4, 0.5) is 5.82 Å². The largest absolute Gasteiger partial charge is 0.503 e. The lowest BCUT2D eigenvalue weighted by molar-refractivity contribution is -0.117. The summed E-state index contributed by atoms with van der Waals surface area (Å²) in [6, 6.07) is 17.5.